The second-order valence-electron chi connectivity index (χ2n) is 3.60. The van der Waals surface area contributed by atoms with E-state index in [1.807, 2.05) is 18.2 Å². The second-order valence-corrected chi connectivity index (χ2v) is 4.86. The van der Waals surface area contributed by atoms with E-state index < -0.39 is 0 Å². The molecule has 5 heteroatoms. The van der Waals surface area contributed by atoms with E-state index in [0.717, 1.165) is 10.0 Å². The summed E-state index contributed by atoms with van der Waals surface area (Å²) in [4.78, 5) is 11.4. The molecule has 1 rings (SSSR count). The third-order valence-electron chi connectivity index (χ3n) is 2.24. The third-order valence-corrected chi connectivity index (χ3v) is 3.47. The number of esters is 1. The van der Waals surface area contributed by atoms with Gasteiger partial charge in [0.25, 0.3) is 0 Å². The summed E-state index contributed by atoms with van der Waals surface area (Å²) in [6, 6.07) is 5.36. The number of rotatable bonds is 5. The van der Waals surface area contributed by atoms with Crippen LogP contribution < -0.4 is 5.32 Å². The van der Waals surface area contributed by atoms with Crippen LogP contribution in [0.4, 0.5) is 0 Å². The fraction of sp³-hybridized carbons (Fsp3) is 0.417. The van der Waals surface area contributed by atoms with Crippen molar-refractivity contribution < 1.29 is 9.53 Å². The van der Waals surface area contributed by atoms with E-state index in [4.69, 9.17) is 16.3 Å². The van der Waals surface area contributed by atoms with E-state index in [1.165, 1.54) is 0 Å². The quantitative estimate of drug-likeness (QED) is 0.847. The van der Waals surface area contributed by atoms with Gasteiger partial charge in [0, 0.05) is 11.0 Å². The molecule has 0 aliphatic heterocycles. The summed E-state index contributed by atoms with van der Waals surface area (Å²) in [6.07, 6.45) is 0. The molecule has 3 nitrogen and oxygen atoms in total. The lowest BCUT2D eigenvalue weighted by molar-refractivity contribution is -0.145. The average Bonchev–Trinajstić information content (AvgIpc) is 2.30. The smallest absolute Gasteiger partial charge is 0.322 e. The summed E-state index contributed by atoms with van der Waals surface area (Å²) in [7, 11) is 0. The molecule has 0 amide bonds. The molecular formula is C12H15BrClNO2. The number of halogens is 2. The molecule has 0 bridgehead atoms. The minimum absolute atomic E-state index is 0.240. The van der Waals surface area contributed by atoms with Gasteiger partial charge in [0.15, 0.2) is 0 Å². The first-order valence-electron chi connectivity index (χ1n) is 5.38. The first kappa shape index (κ1) is 14.5. The number of nitrogens with one attached hydrogen (secondary N) is 1. The molecule has 1 aromatic rings. The molecule has 1 aromatic carbocycles. The van der Waals surface area contributed by atoms with Crippen LogP contribution in [0, 0.1) is 0 Å². The number of benzene rings is 1. The van der Waals surface area contributed by atoms with Gasteiger partial charge < -0.3 is 10.1 Å². The van der Waals surface area contributed by atoms with Crippen molar-refractivity contribution in [1.82, 2.24) is 5.32 Å². The molecule has 1 unspecified atom stereocenters. The summed E-state index contributed by atoms with van der Waals surface area (Å²) < 4.78 is 5.76. The Labute approximate surface area is 115 Å². The molecular weight excluding hydrogens is 305 g/mol. The van der Waals surface area contributed by atoms with Crippen molar-refractivity contribution in [3.8, 4) is 0 Å². The highest BCUT2D eigenvalue weighted by Crippen LogP contribution is 2.23. The summed E-state index contributed by atoms with van der Waals surface area (Å²) in [5, 5.41) is 3.74. The normalized spacial score (nSPS) is 12.2. The van der Waals surface area contributed by atoms with E-state index in [9.17, 15) is 4.79 Å². The fourth-order valence-electron chi connectivity index (χ4n) is 1.27. The molecule has 0 aliphatic rings. The molecule has 0 spiro atoms. The summed E-state index contributed by atoms with van der Waals surface area (Å²) in [5.74, 6) is -0.240. The van der Waals surface area contributed by atoms with Gasteiger partial charge in [0.05, 0.1) is 11.6 Å². The Balaban J connectivity index is 2.50. The lowest BCUT2D eigenvalue weighted by Gasteiger charge is -2.12. The van der Waals surface area contributed by atoms with Crippen LogP contribution in [-0.4, -0.2) is 18.6 Å². The van der Waals surface area contributed by atoms with Gasteiger partial charge in [-0.05, 0) is 47.5 Å². The zero-order chi connectivity index (χ0) is 12.8. The predicted molar refractivity (Wildman–Crippen MR) is 72.1 cm³/mol. The van der Waals surface area contributed by atoms with Gasteiger partial charge in [-0.15, -0.1) is 0 Å². The van der Waals surface area contributed by atoms with Gasteiger partial charge in [-0.25, -0.2) is 0 Å². The number of hydrogen-bond acceptors (Lipinski definition) is 3. The van der Waals surface area contributed by atoms with Crippen LogP contribution in [0.2, 0.25) is 5.02 Å². The molecule has 0 saturated heterocycles. The number of hydrogen-bond donors (Lipinski definition) is 1. The molecule has 1 atom stereocenters. The topological polar surface area (TPSA) is 38.3 Å². The van der Waals surface area contributed by atoms with E-state index in [1.54, 1.807) is 13.8 Å². The zero-order valence-corrected chi connectivity index (χ0v) is 12.1. The largest absolute Gasteiger partial charge is 0.465 e. The highest BCUT2D eigenvalue weighted by Gasteiger charge is 2.12. The monoisotopic (exact) mass is 319 g/mol. The maximum absolute atomic E-state index is 11.4. The zero-order valence-electron chi connectivity index (χ0n) is 9.80. The van der Waals surface area contributed by atoms with Crippen LogP contribution in [0.15, 0.2) is 22.7 Å². The highest BCUT2D eigenvalue weighted by atomic mass is 79.9. The molecule has 0 aliphatic carbocycles. The Bertz CT molecular complexity index is 398. The summed E-state index contributed by atoms with van der Waals surface area (Å²) >= 11 is 9.30. The van der Waals surface area contributed by atoms with Crippen molar-refractivity contribution >= 4 is 33.5 Å². The highest BCUT2D eigenvalue weighted by molar-refractivity contribution is 9.10. The SMILES string of the molecule is CCOC(=O)C(C)NCc1ccc(Br)c(Cl)c1. The Morgan fingerprint density at radius 2 is 2.29 bits per heavy atom. The van der Waals surface area contributed by atoms with Gasteiger partial charge >= 0.3 is 5.97 Å². The molecule has 17 heavy (non-hydrogen) atoms. The average molecular weight is 321 g/mol. The van der Waals surface area contributed by atoms with Crippen molar-refractivity contribution in [2.45, 2.75) is 26.4 Å². The Kier molecular flexibility index (Phi) is 5.95. The predicted octanol–water partition coefficient (Wildman–Crippen LogP) is 3.14. The van der Waals surface area contributed by atoms with E-state index >= 15 is 0 Å². The van der Waals surface area contributed by atoms with Gasteiger partial charge in [0.2, 0.25) is 0 Å². The van der Waals surface area contributed by atoms with E-state index in [-0.39, 0.29) is 12.0 Å². The van der Waals surface area contributed by atoms with Gasteiger partial charge in [-0.3, -0.25) is 4.79 Å². The Morgan fingerprint density at radius 3 is 2.88 bits per heavy atom. The van der Waals surface area contributed by atoms with E-state index in [2.05, 4.69) is 21.2 Å². The Morgan fingerprint density at radius 1 is 1.59 bits per heavy atom. The lowest BCUT2D eigenvalue weighted by Crippen LogP contribution is -2.34. The Hall–Kier alpha value is -0.580. The number of carbonyl (C=O) groups excluding carboxylic acids is 1. The molecule has 0 fully saturated rings. The molecule has 0 aromatic heterocycles. The van der Waals surface area contributed by atoms with Gasteiger partial charge in [-0.2, -0.15) is 0 Å². The summed E-state index contributed by atoms with van der Waals surface area (Å²) in [6.45, 7) is 4.54. The lowest BCUT2D eigenvalue weighted by atomic mass is 10.2. The molecule has 0 radical (unpaired) electrons. The van der Waals surface area contributed by atoms with Crippen molar-refractivity contribution in [3.63, 3.8) is 0 Å². The summed E-state index contributed by atoms with van der Waals surface area (Å²) in [5.41, 5.74) is 1.02. The molecule has 0 saturated carbocycles. The standard InChI is InChI=1S/C12H15BrClNO2/c1-3-17-12(16)8(2)15-7-9-4-5-10(13)11(14)6-9/h4-6,8,15H,3,7H2,1-2H3. The van der Waals surface area contributed by atoms with Crippen molar-refractivity contribution in [2.75, 3.05) is 6.61 Å². The minimum Gasteiger partial charge on any atom is -0.465 e. The number of ether oxygens (including phenoxy) is 1. The second kappa shape index (κ2) is 6.99. The molecule has 94 valence electrons. The van der Waals surface area contributed by atoms with E-state index in [0.29, 0.717) is 18.2 Å². The van der Waals surface area contributed by atoms with Gasteiger partial charge in [-0.1, -0.05) is 17.7 Å². The van der Waals surface area contributed by atoms with Crippen molar-refractivity contribution in [3.05, 3.63) is 33.3 Å². The van der Waals surface area contributed by atoms with Crippen LogP contribution in [0.25, 0.3) is 0 Å². The van der Waals surface area contributed by atoms with Gasteiger partial charge in [0.1, 0.15) is 6.04 Å². The van der Waals surface area contributed by atoms with Crippen LogP contribution in [0.5, 0.6) is 0 Å². The maximum atomic E-state index is 11.4. The fourth-order valence-corrected chi connectivity index (χ4v) is 1.72. The minimum atomic E-state index is -0.322. The molecule has 1 N–H and O–H groups in total. The first-order chi connectivity index (χ1) is 8.04. The van der Waals surface area contributed by atoms with Crippen LogP contribution >= 0.6 is 27.5 Å². The molecule has 0 heterocycles. The van der Waals surface area contributed by atoms with Crippen LogP contribution in [0.1, 0.15) is 19.4 Å². The van der Waals surface area contributed by atoms with Crippen molar-refractivity contribution in [1.29, 1.82) is 0 Å². The first-order valence-corrected chi connectivity index (χ1v) is 6.55. The third kappa shape index (κ3) is 4.66. The van der Waals surface area contributed by atoms with Crippen LogP contribution in [0.3, 0.4) is 0 Å². The maximum Gasteiger partial charge on any atom is 0.322 e. The van der Waals surface area contributed by atoms with Crippen molar-refractivity contribution in [2.24, 2.45) is 0 Å². The van der Waals surface area contributed by atoms with Crippen LogP contribution in [-0.2, 0) is 16.1 Å². The number of carbonyl (C=O) groups is 1.